The van der Waals surface area contributed by atoms with Crippen molar-refractivity contribution in [2.45, 2.75) is 26.2 Å². The lowest BCUT2D eigenvalue weighted by Crippen LogP contribution is -2.36. The standard InChI is InChI=1S/C14H17NO2/c1-10(16)12-7-4-8-13(9-12)15(2)14(17)11-5-3-6-11/h4,7-9,11H,3,5-6H2,1-2H3. The monoisotopic (exact) mass is 231 g/mol. The van der Waals surface area contributed by atoms with E-state index in [1.54, 1.807) is 24.1 Å². The summed E-state index contributed by atoms with van der Waals surface area (Å²) in [6.07, 6.45) is 3.14. The molecule has 90 valence electrons. The number of hydrogen-bond acceptors (Lipinski definition) is 2. The van der Waals surface area contributed by atoms with E-state index in [1.165, 1.54) is 6.92 Å². The summed E-state index contributed by atoms with van der Waals surface area (Å²) < 4.78 is 0. The topological polar surface area (TPSA) is 37.4 Å². The quantitative estimate of drug-likeness (QED) is 0.750. The summed E-state index contributed by atoms with van der Waals surface area (Å²) in [4.78, 5) is 25.0. The van der Waals surface area contributed by atoms with E-state index in [9.17, 15) is 9.59 Å². The molecule has 1 fully saturated rings. The third-order valence-corrected chi connectivity index (χ3v) is 3.42. The minimum absolute atomic E-state index is 0.0244. The van der Waals surface area contributed by atoms with Gasteiger partial charge in [-0.15, -0.1) is 0 Å². The second-order valence-corrected chi connectivity index (χ2v) is 4.63. The number of anilines is 1. The molecule has 1 aliphatic carbocycles. The number of benzene rings is 1. The highest BCUT2D eigenvalue weighted by atomic mass is 16.2. The van der Waals surface area contributed by atoms with Crippen LogP contribution in [-0.2, 0) is 4.79 Å². The SMILES string of the molecule is CC(=O)c1cccc(N(C)C(=O)C2CCC2)c1. The third kappa shape index (κ3) is 2.38. The van der Waals surface area contributed by atoms with Crippen molar-refractivity contribution >= 4 is 17.4 Å². The van der Waals surface area contributed by atoms with Gasteiger partial charge in [0.25, 0.3) is 0 Å². The van der Waals surface area contributed by atoms with Crippen molar-refractivity contribution in [1.29, 1.82) is 0 Å². The van der Waals surface area contributed by atoms with Crippen molar-refractivity contribution < 1.29 is 9.59 Å². The first-order chi connectivity index (χ1) is 8.09. The molecule has 3 heteroatoms. The van der Waals surface area contributed by atoms with Crippen molar-refractivity contribution in [1.82, 2.24) is 0 Å². The third-order valence-electron chi connectivity index (χ3n) is 3.42. The van der Waals surface area contributed by atoms with Crippen molar-refractivity contribution in [3.63, 3.8) is 0 Å². The van der Waals surface area contributed by atoms with Crippen LogP contribution in [0.2, 0.25) is 0 Å². The molecule has 1 aliphatic rings. The molecule has 1 amide bonds. The average molecular weight is 231 g/mol. The number of carbonyl (C=O) groups is 2. The van der Waals surface area contributed by atoms with E-state index >= 15 is 0 Å². The van der Waals surface area contributed by atoms with Crippen LogP contribution < -0.4 is 4.90 Å². The van der Waals surface area contributed by atoms with Crippen LogP contribution in [0, 0.1) is 5.92 Å². The van der Waals surface area contributed by atoms with E-state index < -0.39 is 0 Å². The maximum Gasteiger partial charge on any atom is 0.229 e. The smallest absolute Gasteiger partial charge is 0.229 e. The van der Waals surface area contributed by atoms with Crippen LogP contribution in [0.3, 0.4) is 0 Å². The van der Waals surface area contributed by atoms with Gasteiger partial charge in [0.05, 0.1) is 0 Å². The van der Waals surface area contributed by atoms with Crippen molar-refractivity contribution in [2.24, 2.45) is 5.92 Å². The van der Waals surface area contributed by atoms with Gasteiger partial charge in [0.15, 0.2) is 5.78 Å². The zero-order valence-electron chi connectivity index (χ0n) is 10.3. The van der Waals surface area contributed by atoms with Gasteiger partial charge in [-0.3, -0.25) is 9.59 Å². The molecule has 0 saturated heterocycles. The summed E-state index contributed by atoms with van der Waals surface area (Å²) >= 11 is 0. The Morgan fingerprint density at radius 1 is 1.29 bits per heavy atom. The Labute approximate surface area is 101 Å². The molecule has 0 radical (unpaired) electrons. The highest BCUT2D eigenvalue weighted by Gasteiger charge is 2.28. The molecule has 3 nitrogen and oxygen atoms in total. The van der Waals surface area contributed by atoms with Gasteiger partial charge in [0.1, 0.15) is 0 Å². The zero-order chi connectivity index (χ0) is 12.4. The first-order valence-corrected chi connectivity index (χ1v) is 5.98. The van der Waals surface area contributed by atoms with Crippen molar-refractivity contribution in [3.05, 3.63) is 29.8 Å². The predicted octanol–water partition coefficient (Wildman–Crippen LogP) is 2.65. The molecular weight excluding hydrogens is 214 g/mol. The molecule has 1 saturated carbocycles. The van der Waals surface area contributed by atoms with Gasteiger partial charge < -0.3 is 4.90 Å². The molecule has 2 rings (SSSR count). The lowest BCUT2D eigenvalue weighted by Gasteiger charge is -2.29. The van der Waals surface area contributed by atoms with E-state index in [1.807, 2.05) is 12.1 Å². The fourth-order valence-electron chi connectivity index (χ4n) is 1.99. The molecule has 0 N–H and O–H groups in total. The Balaban J connectivity index is 2.18. The lowest BCUT2D eigenvalue weighted by molar-refractivity contribution is -0.124. The van der Waals surface area contributed by atoms with E-state index in [2.05, 4.69) is 0 Å². The van der Waals surface area contributed by atoms with Gasteiger partial charge in [-0.25, -0.2) is 0 Å². The summed E-state index contributed by atoms with van der Waals surface area (Å²) in [5, 5.41) is 0. The summed E-state index contributed by atoms with van der Waals surface area (Å²) in [5.41, 5.74) is 1.45. The van der Waals surface area contributed by atoms with Crippen molar-refractivity contribution in [3.8, 4) is 0 Å². The summed E-state index contributed by atoms with van der Waals surface area (Å²) in [6, 6.07) is 7.23. The fraction of sp³-hybridized carbons (Fsp3) is 0.429. The number of carbonyl (C=O) groups excluding carboxylic acids is 2. The number of ketones is 1. The van der Waals surface area contributed by atoms with Gasteiger partial charge in [-0.05, 0) is 31.9 Å². The van der Waals surface area contributed by atoms with Crippen LogP contribution in [0.15, 0.2) is 24.3 Å². The largest absolute Gasteiger partial charge is 0.315 e. The van der Waals surface area contributed by atoms with Gasteiger partial charge in [0.2, 0.25) is 5.91 Å². The Morgan fingerprint density at radius 2 is 2.00 bits per heavy atom. The first kappa shape index (κ1) is 11.8. The van der Waals surface area contributed by atoms with Gasteiger partial charge in [-0.1, -0.05) is 18.6 Å². The van der Waals surface area contributed by atoms with Crippen LogP contribution in [0.25, 0.3) is 0 Å². The van der Waals surface area contributed by atoms with E-state index in [4.69, 9.17) is 0 Å². The molecule has 1 aromatic rings. The van der Waals surface area contributed by atoms with Crippen LogP contribution in [0.5, 0.6) is 0 Å². The summed E-state index contributed by atoms with van der Waals surface area (Å²) in [6.45, 7) is 1.53. The Hall–Kier alpha value is -1.64. The number of hydrogen-bond donors (Lipinski definition) is 0. The number of Topliss-reactive ketones (excluding diaryl/α,β-unsaturated/α-hetero) is 1. The van der Waals surface area contributed by atoms with Gasteiger partial charge in [-0.2, -0.15) is 0 Å². The van der Waals surface area contributed by atoms with Crippen molar-refractivity contribution in [2.75, 3.05) is 11.9 Å². The van der Waals surface area contributed by atoms with E-state index in [0.29, 0.717) is 5.56 Å². The molecule has 0 aliphatic heterocycles. The molecule has 0 heterocycles. The number of nitrogens with zero attached hydrogens (tertiary/aromatic N) is 1. The number of rotatable bonds is 3. The minimum atomic E-state index is 0.0244. The van der Waals surface area contributed by atoms with Crippen LogP contribution >= 0.6 is 0 Å². The predicted molar refractivity (Wildman–Crippen MR) is 67.2 cm³/mol. The van der Waals surface area contributed by atoms with Gasteiger partial charge in [0, 0.05) is 24.2 Å². The van der Waals surface area contributed by atoms with E-state index in [0.717, 1.165) is 24.9 Å². The average Bonchev–Trinajstić information content (AvgIpc) is 2.25. The highest BCUT2D eigenvalue weighted by molar-refractivity contribution is 5.98. The maximum atomic E-state index is 12.0. The summed E-state index contributed by atoms with van der Waals surface area (Å²) in [7, 11) is 1.78. The summed E-state index contributed by atoms with van der Waals surface area (Å²) in [5.74, 6) is 0.370. The Morgan fingerprint density at radius 3 is 2.53 bits per heavy atom. The molecule has 0 aromatic heterocycles. The molecular formula is C14H17NO2. The maximum absolute atomic E-state index is 12.0. The van der Waals surface area contributed by atoms with Crippen LogP contribution in [0.1, 0.15) is 36.5 Å². The first-order valence-electron chi connectivity index (χ1n) is 5.98. The highest BCUT2D eigenvalue weighted by Crippen LogP contribution is 2.29. The Kier molecular flexibility index (Phi) is 3.27. The molecule has 17 heavy (non-hydrogen) atoms. The molecule has 0 spiro atoms. The second kappa shape index (κ2) is 4.70. The Bertz CT molecular complexity index is 449. The molecule has 0 unspecified atom stereocenters. The molecule has 0 atom stereocenters. The lowest BCUT2D eigenvalue weighted by atomic mass is 9.84. The minimum Gasteiger partial charge on any atom is -0.315 e. The molecule has 1 aromatic carbocycles. The number of amides is 1. The van der Waals surface area contributed by atoms with Crippen LogP contribution in [0.4, 0.5) is 5.69 Å². The normalized spacial score (nSPS) is 15.2. The zero-order valence-corrected chi connectivity index (χ0v) is 10.3. The second-order valence-electron chi connectivity index (χ2n) is 4.63. The van der Waals surface area contributed by atoms with E-state index in [-0.39, 0.29) is 17.6 Å². The fourth-order valence-corrected chi connectivity index (χ4v) is 1.99. The van der Waals surface area contributed by atoms with Crippen LogP contribution in [-0.4, -0.2) is 18.7 Å². The van der Waals surface area contributed by atoms with Gasteiger partial charge >= 0.3 is 0 Å². The molecule has 0 bridgehead atoms.